The van der Waals surface area contributed by atoms with E-state index < -0.39 is 0 Å². The fourth-order valence-corrected chi connectivity index (χ4v) is 7.53. The number of rotatable bonds is 10. The normalized spacial score (nSPS) is 17.7. The third-order valence-electron chi connectivity index (χ3n) is 10.7. The van der Waals surface area contributed by atoms with E-state index in [2.05, 4.69) is 33.1 Å². The molecular weight excluding hydrogens is 857 g/mol. The van der Waals surface area contributed by atoms with E-state index in [-0.39, 0.29) is 37.0 Å². The van der Waals surface area contributed by atoms with Crippen LogP contribution in [0.5, 0.6) is 0 Å². The highest BCUT2D eigenvalue weighted by atomic mass is 16.6. The number of cyclic esters (lactones) is 2. The summed E-state index contributed by atoms with van der Waals surface area (Å²) in [4.78, 5) is 60.8. The number of ether oxygens (including phenoxy) is 2. The van der Waals surface area contributed by atoms with Crippen LogP contribution in [0.15, 0.2) is 144 Å². The first-order valence-electron chi connectivity index (χ1n) is 23.2. The SMILES string of the molecule is Cc1cc(C)c2c(c1)CC(=N/OCC(=O)NCc1ccccc1)/C=C/CC/C=C/CCOC2=O.Cc1cc(C)c2c(c1)CC(=N\OCC(=O)NCc1ccccc1)/C=C/CC/C=C/CCOC2=O. The fourth-order valence-electron chi connectivity index (χ4n) is 7.53. The predicted octanol–water partition coefficient (Wildman–Crippen LogP) is 9.98. The van der Waals surface area contributed by atoms with Gasteiger partial charge in [-0.05, 0) is 112 Å². The van der Waals surface area contributed by atoms with Gasteiger partial charge in [0.05, 0.1) is 35.8 Å². The molecule has 0 aliphatic carbocycles. The number of aryl methyl sites for hydroxylation is 4. The fraction of sp³-hybridized carbons (Fsp3) is 0.321. The van der Waals surface area contributed by atoms with Crippen molar-refractivity contribution in [2.75, 3.05) is 26.4 Å². The number of nitrogens with zero attached hydrogens (tertiary/aromatic N) is 2. The molecule has 356 valence electrons. The molecule has 12 heteroatoms. The van der Waals surface area contributed by atoms with Crippen LogP contribution in [0, 0.1) is 27.7 Å². The lowest BCUT2D eigenvalue weighted by Gasteiger charge is -2.14. The van der Waals surface area contributed by atoms with Gasteiger partial charge in [-0.25, -0.2) is 9.59 Å². The maximum atomic E-state index is 12.8. The molecular formula is C56H64N4O8. The number of carbonyl (C=O) groups excluding carboxylic acids is 4. The molecule has 0 aromatic heterocycles. The van der Waals surface area contributed by atoms with Crippen molar-refractivity contribution in [3.63, 3.8) is 0 Å². The van der Waals surface area contributed by atoms with E-state index in [1.807, 2.05) is 149 Å². The molecule has 4 aromatic carbocycles. The Bertz CT molecular complexity index is 2320. The maximum absolute atomic E-state index is 12.8. The lowest BCUT2D eigenvalue weighted by atomic mass is 9.95. The molecule has 2 heterocycles. The van der Waals surface area contributed by atoms with Crippen molar-refractivity contribution in [1.82, 2.24) is 10.6 Å². The van der Waals surface area contributed by atoms with Gasteiger partial charge in [-0.1, -0.05) is 143 Å². The van der Waals surface area contributed by atoms with Gasteiger partial charge in [-0.15, -0.1) is 0 Å². The summed E-state index contributed by atoms with van der Waals surface area (Å²) < 4.78 is 11.0. The summed E-state index contributed by atoms with van der Waals surface area (Å²) in [5.41, 5.74) is 9.92. The van der Waals surface area contributed by atoms with E-state index in [0.717, 1.165) is 70.2 Å². The molecule has 2 amide bonds. The largest absolute Gasteiger partial charge is 0.462 e. The second kappa shape index (κ2) is 28.6. The molecule has 0 atom stereocenters. The monoisotopic (exact) mass is 920 g/mol. The molecule has 12 nitrogen and oxygen atoms in total. The number of esters is 2. The summed E-state index contributed by atoms with van der Waals surface area (Å²) in [6.45, 7) is 9.00. The molecule has 2 aliphatic heterocycles. The number of oxime groups is 2. The molecule has 0 fully saturated rings. The summed E-state index contributed by atoms with van der Waals surface area (Å²) >= 11 is 0. The molecule has 0 spiro atoms. The van der Waals surface area contributed by atoms with Gasteiger partial charge in [-0.3, -0.25) is 9.59 Å². The number of fused-ring (bicyclic) bond motifs is 2. The second-order valence-corrected chi connectivity index (χ2v) is 16.6. The number of hydrogen-bond acceptors (Lipinski definition) is 10. The third kappa shape index (κ3) is 18.5. The van der Waals surface area contributed by atoms with Crippen molar-refractivity contribution in [3.8, 4) is 0 Å². The van der Waals surface area contributed by atoms with Crippen LogP contribution in [0.1, 0.15) is 104 Å². The van der Waals surface area contributed by atoms with Crippen LogP contribution in [0.25, 0.3) is 0 Å². The van der Waals surface area contributed by atoms with Gasteiger partial charge >= 0.3 is 11.9 Å². The number of hydrogen-bond donors (Lipinski definition) is 2. The van der Waals surface area contributed by atoms with Crippen molar-refractivity contribution < 1.29 is 38.3 Å². The first-order chi connectivity index (χ1) is 33.0. The average Bonchev–Trinajstić information content (AvgIpc) is 3.31. The van der Waals surface area contributed by atoms with Gasteiger partial charge in [-0.2, -0.15) is 0 Å². The van der Waals surface area contributed by atoms with Crippen LogP contribution in [-0.4, -0.2) is 61.6 Å². The minimum absolute atomic E-state index is 0.186. The van der Waals surface area contributed by atoms with Gasteiger partial charge in [0.2, 0.25) is 0 Å². The highest BCUT2D eigenvalue weighted by molar-refractivity contribution is 6.01. The topological polar surface area (TPSA) is 154 Å². The molecule has 4 aromatic rings. The van der Waals surface area contributed by atoms with Crippen LogP contribution in [0.4, 0.5) is 0 Å². The smallest absolute Gasteiger partial charge is 0.338 e. The van der Waals surface area contributed by atoms with E-state index in [1.165, 1.54) is 0 Å². The summed E-state index contributed by atoms with van der Waals surface area (Å²) in [5, 5.41) is 14.1. The average molecular weight is 921 g/mol. The number of amides is 2. The van der Waals surface area contributed by atoms with Crippen molar-refractivity contribution >= 4 is 35.2 Å². The van der Waals surface area contributed by atoms with E-state index in [1.54, 1.807) is 0 Å². The summed E-state index contributed by atoms with van der Waals surface area (Å²) in [6.07, 6.45) is 21.7. The van der Waals surface area contributed by atoms with E-state index in [0.29, 0.717) is 74.5 Å². The zero-order valence-corrected chi connectivity index (χ0v) is 39.8. The highest BCUT2D eigenvalue weighted by Gasteiger charge is 2.20. The van der Waals surface area contributed by atoms with E-state index in [4.69, 9.17) is 19.1 Å². The standard InChI is InChI=1S/2C28H32N2O4/c2*1-21-16-22(2)27-24(17-21)18-25(14-10-5-3-4-6-11-15-33-28(27)32)30-34-20-26(31)29-19-23-12-8-7-9-13-23/h2*4,6-10,12-14,16-17H,3,5,11,15,18-20H2,1-2H3,(H,29,31)/b6-4+,14-10+,30-25+;6-4+,14-10+,30-25-. The van der Waals surface area contributed by atoms with Crippen LogP contribution in [0.2, 0.25) is 0 Å². The zero-order chi connectivity index (χ0) is 48.4. The Morgan fingerprint density at radius 3 is 1.32 bits per heavy atom. The Kier molecular flexibility index (Phi) is 21.8. The first kappa shape index (κ1) is 51.6. The van der Waals surface area contributed by atoms with Gasteiger partial charge in [0.1, 0.15) is 0 Å². The van der Waals surface area contributed by atoms with Crippen molar-refractivity contribution in [3.05, 3.63) is 189 Å². The van der Waals surface area contributed by atoms with Gasteiger partial charge in [0, 0.05) is 25.9 Å². The first-order valence-corrected chi connectivity index (χ1v) is 23.2. The van der Waals surface area contributed by atoms with Crippen LogP contribution in [-0.2, 0) is 54.7 Å². The molecule has 2 N–H and O–H groups in total. The quantitative estimate of drug-likeness (QED) is 0.0906. The van der Waals surface area contributed by atoms with Crippen molar-refractivity contribution in [2.45, 2.75) is 92.2 Å². The lowest BCUT2D eigenvalue weighted by molar-refractivity contribution is -0.126. The summed E-state index contributed by atoms with van der Waals surface area (Å²) in [5.74, 6) is -1.16. The van der Waals surface area contributed by atoms with Crippen LogP contribution in [0.3, 0.4) is 0 Å². The molecule has 2 aliphatic rings. The Morgan fingerprint density at radius 2 is 0.912 bits per heavy atom. The highest BCUT2D eigenvalue weighted by Crippen LogP contribution is 2.22. The Hall–Kier alpha value is -7.34. The lowest BCUT2D eigenvalue weighted by Crippen LogP contribution is -2.26. The molecule has 0 unspecified atom stereocenters. The summed E-state index contributed by atoms with van der Waals surface area (Å²) in [7, 11) is 0. The molecule has 0 bridgehead atoms. The Labute approximate surface area is 400 Å². The Morgan fingerprint density at radius 1 is 0.529 bits per heavy atom. The minimum atomic E-state index is -0.331. The molecule has 0 radical (unpaired) electrons. The Balaban J connectivity index is 0.000000254. The number of nitrogens with one attached hydrogen (secondary N) is 2. The van der Waals surface area contributed by atoms with Gasteiger partial charge in [0.15, 0.2) is 13.2 Å². The maximum Gasteiger partial charge on any atom is 0.338 e. The molecule has 6 rings (SSSR count). The van der Waals surface area contributed by atoms with Crippen LogP contribution >= 0.6 is 0 Å². The number of allylic oxidation sites excluding steroid dienone is 6. The van der Waals surface area contributed by atoms with E-state index >= 15 is 0 Å². The third-order valence-corrected chi connectivity index (χ3v) is 10.7. The summed E-state index contributed by atoms with van der Waals surface area (Å²) in [6, 6.07) is 27.3. The number of carbonyl (C=O) groups is 4. The van der Waals surface area contributed by atoms with Crippen molar-refractivity contribution in [2.24, 2.45) is 10.3 Å². The van der Waals surface area contributed by atoms with Gasteiger partial charge in [0.25, 0.3) is 11.8 Å². The second-order valence-electron chi connectivity index (χ2n) is 16.6. The van der Waals surface area contributed by atoms with E-state index in [9.17, 15) is 19.2 Å². The molecule has 0 saturated carbocycles. The minimum Gasteiger partial charge on any atom is -0.462 e. The predicted molar refractivity (Wildman–Crippen MR) is 267 cm³/mol. The zero-order valence-electron chi connectivity index (χ0n) is 39.8. The van der Waals surface area contributed by atoms with Crippen LogP contribution < -0.4 is 10.6 Å². The molecule has 68 heavy (non-hydrogen) atoms. The number of benzene rings is 4. The molecule has 0 saturated heterocycles. The van der Waals surface area contributed by atoms with Crippen molar-refractivity contribution in [1.29, 1.82) is 0 Å². The van der Waals surface area contributed by atoms with Gasteiger partial charge < -0.3 is 29.8 Å².